The molecule has 0 aliphatic carbocycles. The average molecular weight is 412 g/mol. The van der Waals surface area contributed by atoms with Crippen molar-refractivity contribution in [1.29, 1.82) is 0 Å². The molecule has 2 aromatic heterocycles. The van der Waals surface area contributed by atoms with Gasteiger partial charge >= 0.3 is 5.97 Å². The van der Waals surface area contributed by atoms with Crippen LogP contribution in [0.15, 0.2) is 47.1 Å². The zero-order valence-electron chi connectivity index (χ0n) is 17.0. The normalized spacial score (nSPS) is 19.3. The number of nitrogens with zero attached hydrogens (tertiary/aromatic N) is 2. The van der Waals surface area contributed by atoms with Crippen LogP contribution < -0.4 is 0 Å². The molecule has 0 unspecified atom stereocenters. The minimum Gasteiger partial charge on any atom is -0.462 e. The minimum absolute atomic E-state index is 0.0466. The van der Waals surface area contributed by atoms with E-state index in [1.54, 1.807) is 29.1 Å². The third-order valence-electron chi connectivity index (χ3n) is 5.35. The molecule has 1 saturated heterocycles. The fraction of sp³-hybridized carbons (Fsp3) is 0.391. The lowest BCUT2D eigenvalue weighted by molar-refractivity contribution is -0.160. The van der Waals surface area contributed by atoms with Gasteiger partial charge in [-0.25, -0.2) is 4.39 Å². The summed E-state index contributed by atoms with van der Waals surface area (Å²) in [7, 11) is 0. The van der Waals surface area contributed by atoms with Gasteiger partial charge in [0.2, 0.25) is 5.88 Å². The van der Waals surface area contributed by atoms with Crippen LogP contribution in [-0.4, -0.2) is 33.1 Å². The number of rotatable bonds is 6. The average Bonchev–Trinajstić information content (AvgIpc) is 3.34. The number of cyclic esters (lactones) is 1. The Morgan fingerprint density at radius 1 is 1.27 bits per heavy atom. The van der Waals surface area contributed by atoms with Crippen LogP contribution in [0.1, 0.15) is 50.3 Å². The summed E-state index contributed by atoms with van der Waals surface area (Å²) in [5, 5.41) is 14.7. The fourth-order valence-electron chi connectivity index (χ4n) is 3.98. The molecule has 1 N–H and O–H groups in total. The smallest absolute Gasteiger partial charge is 0.308 e. The van der Waals surface area contributed by atoms with E-state index in [-0.39, 0.29) is 30.2 Å². The number of carbonyl (C=O) groups is 1. The summed E-state index contributed by atoms with van der Waals surface area (Å²) in [6, 6.07) is 9.92. The first-order valence-electron chi connectivity index (χ1n) is 10.2. The molecule has 0 radical (unpaired) electrons. The summed E-state index contributed by atoms with van der Waals surface area (Å²) < 4.78 is 26.3. The molecule has 3 heterocycles. The number of halogens is 1. The lowest BCUT2D eigenvalue weighted by atomic mass is 9.93. The van der Waals surface area contributed by atoms with Gasteiger partial charge in [0.25, 0.3) is 0 Å². The number of ether oxygens (including phenoxy) is 1. The maximum absolute atomic E-state index is 13.6. The Hall–Kier alpha value is -2.93. The highest BCUT2D eigenvalue weighted by molar-refractivity contribution is 5.71. The molecule has 1 fully saturated rings. The van der Waals surface area contributed by atoms with E-state index < -0.39 is 6.10 Å². The van der Waals surface area contributed by atoms with Gasteiger partial charge in [0, 0.05) is 23.6 Å². The van der Waals surface area contributed by atoms with Gasteiger partial charge in [-0.05, 0) is 49.1 Å². The van der Waals surface area contributed by atoms with E-state index in [0.29, 0.717) is 25.1 Å². The molecule has 4 rings (SSSR count). The van der Waals surface area contributed by atoms with Gasteiger partial charge in [-0.1, -0.05) is 13.8 Å². The zero-order valence-corrected chi connectivity index (χ0v) is 17.0. The second kappa shape index (κ2) is 8.44. The maximum Gasteiger partial charge on any atom is 0.308 e. The van der Waals surface area contributed by atoms with E-state index in [9.17, 15) is 14.3 Å². The summed E-state index contributed by atoms with van der Waals surface area (Å²) in [4.78, 5) is 11.7. The number of aliphatic hydroxyl groups excluding tert-OH is 1. The number of aliphatic hydroxyl groups is 1. The molecule has 0 amide bonds. The number of hydrogen-bond acceptors (Lipinski definition) is 5. The molecule has 1 aliphatic rings. The van der Waals surface area contributed by atoms with Crippen molar-refractivity contribution in [2.45, 2.75) is 57.7 Å². The Morgan fingerprint density at radius 3 is 2.67 bits per heavy atom. The number of carbonyl (C=O) groups excluding carboxylic acids is 1. The first-order chi connectivity index (χ1) is 14.4. The van der Waals surface area contributed by atoms with Gasteiger partial charge in [-0.15, -0.1) is 0 Å². The predicted octanol–water partition coefficient (Wildman–Crippen LogP) is 4.39. The van der Waals surface area contributed by atoms with Gasteiger partial charge < -0.3 is 14.3 Å². The van der Waals surface area contributed by atoms with Crippen LogP contribution >= 0.6 is 0 Å². The second-order valence-corrected chi connectivity index (χ2v) is 7.98. The fourth-order valence-corrected chi connectivity index (χ4v) is 3.98. The lowest BCUT2D eigenvalue weighted by Gasteiger charge is -2.26. The van der Waals surface area contributed by atoms with Crippen molar-refractivity contribution in [2.75, 3.05) is 0 Å². The van der Waals surface area contributed by atoms with Crippen LogP contribution in [0.3, 0.4) is 0 Å². The number of furan rings is 1. The summed E-state index contributed by atoms with van der Waals surface area (Å²) in [6.07, 6.45) is 2.23. The van der Waals surface area contributed by atoms with Crippen molar-refractivity contribution in [2.24, 2.45) is 0 Å². The highest BCUT2D eigenvalue weighted by atomic mass is 19.1. The minimum atomic E-state index is -0.664. The van der Waals surface area contributed by atoms with Crippen LogP contribution in [-0.2, 0) is 16.0 Å². The Balaban J connectivity index is 1.75. The Labute approximate surface area is 174 Å². The van der Waals surface area contributed by atoms with Crippen molar-refractivity contribution in [3.05, 3.63) is 59.7 Å². The van der Waals surface area contributed by atoms with Crippen LogP contribution in [0.5, 0.6) is 0 Å². The molecule has 30 heavy (non-hydrogen) atoms. The number of benzene rings is 1. The van der Waals surface area contributed by atoms with Crippen molar-refractivity contribution >= 4 is 5.97 Å². The third kappa shape index (κ3) is 4.16. The molecule has 7 heteroatoms. The van der Waals surface area contributed by atoms with E-state index >= 15 is 0 Å². The van der Waals surface area contributed by atoms with Crippen LogP contribution in [0, 0.1) is 5.82 Å². The molecule has 1 aliphatic heterocycles. The molecule has 3 aromatic rings. The van der Waals surface area contributed by atoms with Crippen LogP contribution in [0.2, 0.25) is 0 Å². The molecule has 6 nitrogen and oxygen atoms in total. The molecule has 158 valence electrons. The number of hydrogen-bond donors (Lipinski definition) is 1. The Kier molecular flexibility index (Phi) is 5.72. The standard InChI is InChI=1S/C23H25FN2O4/c1-14(2)22-19(10-9-18-12-17(27)13-21(28)30-18)23(15-5-7-16(24)8-6-15)26(25-22)20-4-3-11-29-20/h3-8,11,14,17-18,27H,9-10,12-13H2,1-2H3/t17-,18-/m1/s1. The molecular weight excluding hydrogens is 387 g/mol. The predicted molar refractivity (Wildman–Crippen MR) is 109 cm³/mol. The van der Waals surface area contributed by atoms with Crippen molar-refractivity contribution in [3.8, 4) is 17.1 Å². The second-order valence-electron chi connectivity index (χ2n) is 7.98. The summed E-state index contributed by atoms with van der Waals surface area (Å²) in [5.74, 6) is 0.0429. The van der Waals surface area contributed by atoms with E-state index in [0.717, 1.165) is 22.5 Å². The summed E-state index contributed by atoms with van der Waals surface area (Å²) in [5.41, 5.74) is 3.57. The van der Waals surface area contributed by atoms with Crippen LogP contribution in [0.4, 0.5) is 4.39 Å². The first-order valence-corrected chi connectivity index (χ1v) is 10.2. The van der Waals surface area contributed by atoms with E-state index in [1.165, 1.54) is 12.1 Å². The van der Waals surface area contributed by atoms with Crippen molar-refractivity contribution in [1.82, 2.24) is 9.78 Å². The molecule has 0 saturated carbocycles. The topological polar surface area (TPSA) is 77.5 Å². The number of aromatic nitrogens is 2. The van der Waals surface area contributed by atoms with Gasteiger partial charge in [0.1, 0.15) is 11.9 Å². The van der Waals surface area contributed by atoms with Crippen LogP contribution in [0.25, 0.3) is 17.1 Å². The molecule has 2 atom stereocenters. The summed E-state index contributed by atoms with van der Waals surface area (Å²) >= 11 is 0. The largest absolute Gasteiger partial charge is 0.462 e. The monoisotopic (exact) mass is 412 g/mol. The maximum atomic E-state index is 13.6. The highest BCUT2D eigenvalue weighted by Gasteiger charge is 2.29. The molecule has 1 aromatic carbocycles. The van der Waals surface area contributed by atoms with Crippen molar-refractivity contribution in [3.63, 3.8) is 0 Å². The van der Waals surface area contributed by atoms with Gasteiger partial charge in [0.05, 0.1) is 30.2 Å². The summed E-state index contributed by atoms with van der Waals surface area (Å²) in [6.45, 7) is 4.13. The molecule has 0 bridgehead atoms. The SMILES string of the molecule is CC(C)c1nn(-c2ccco2)c(-c2ccc(F)cc2)c1CC[C@@H]1C[C@@H](O)CC(=O)O1. The molecular formula is C23H25FN2O4. The van der Waals surface area contributed by atoms with Gasteiger partial charge in [0.15, 0.2) is 0 Å². The lowest BCUT2D eigenvalue weighted by Crippen LogP contribution is -2.32. The highest BCUT2D eigenvalue weighted by Crippen LogP contribution is 2.34. The molecule has 0 spiro atoms. The van der Waals surface area contributed by atoms with E-state index in [1.807, 2.05) is 6.07 Å². The van der Waals surface area contributed by atoms with E-state index in [2.05, 4.69) is 13.8 Å². The first kappa shape index (κ1) is 20.3. The quantitative estimate of drug-likeness (QED) is 0.608. The van der Waals surface area contributed by atoms with Gasteiger partial charge in [-0.3, -0.25) is 4.79 Å². The van der Waals surface area contributed by atoms with Gasteiger partial charge in [-0.2, -0.15) is 9.78 Å². The Bertz CT molecular complexity index is 1010. The van der Waals surface area contributed by atoms with Crippen molar-refractivity contribution < 1.29 is 23.4 Å². The van der Waals surface area contributed by atoms with E-state index in [4.69, 9.17) is 14.3 Å². The Morgan fingerprint density at radius 2 is 2.03 bits per heavy atom. The number of esters is 1. The third-order valence-corrected chi connectivity index (χ3v) is 5.35. The zero-order chi connectivity index (χ0) is 21.3.